The molecule has 116 valence electrons. The van der Waals surface area contributed by atoms with E-state index in [9.17, 15) is 8.42 Å². The van der Waals surface area contributed by atoms with E-state index in [0.717, 1.165) is 30.8 Å². The monoisotopic (exact) mass is 301 g/mol. The molecule has 0 bridgehead atoms. The van der Waals surface area contributed by atoms with E-state index in [2.05, 4.69) is 30.3 Å². The highest BCUT2D eigenvalue weighted by molar-refractivity contribution is 7.91. The smallest absolute Gasteiger partial charge is 0.151 e. The lowest BCUT2D eigenvalue weighted by molar-refractivity contribution is 0.471. The molecule has 0 saturated heterocycles. The minimum absolute atomic E-state index is 0.0787. The van der Waals surface area contributed by atoms with Crippen molar-refractivity contribution in [3.05, 3.63) is 17.5 Å². The first-order chi connectivity index (χ1) is 9.29. The van der Waals surface area contributed by atoms with E-state index >= 15 is 0 Å². The average Bonchev–Trinajstić information content (AvgIpc) is 2.73. The third-order valence-corrected chi connectivity index (χ3v) is 5.40. The van der Waals surface area contributed by atoms with Gasteiger partial charge in [-0.15, -0.1) is 0 Å². The van der Waals surface area contributed by atoms with Gasteiger partial charge >= 0.3 is 0 Å². The van der Waals surface area contributed by atoms with Crippen LogP contribution in [0.15, 0.2) is 6.07 Å². The highest BCUT2D eigenvalue weighted by Crippen LogP contribution is 2.13. The average molecular weight is 301 g/mol. The van der Waals surface area contributed by atoms with Crippen LogP contribution < -0.4 is 5.32 Å². The summed E-state index contributed by atoms with van der Waals surface area (Å²) in [4.78, 5) is 0. The van der Waals surface area contributed by atoms with Crippen LogP contribution in [0.3, 0.4) is 0 Å². The van der Waals surface area contributed by atoms with E-state index in [-0.39, 0.29) is 6.04 Å². The van der Waals surface area contributed by atoms with Crippen molar-refractivity contribution in [2.45, 2.75) is 51.3 Å². The molecule has 0 spiro atoms. The summed E-state index contributed by atoms with van der Waals surface area (Å²) in [6.45, 7) is 6.75. The Morgan fingerprint density at radius 2 is 2.05 bits per heavy atom. The van der Waals surface area contributed by atoms with Crippen LogP contribution in [0.1, 0.15) is 38.6 Å². The van der Waals surface area contributed by atoms with E-state index in [4.69, 9.17) is 0 Å². The van der Waals surface area contributed by atoms with Gasteiger partial charge < -0.3 is 5.32 Å². The third-order valence-electron chi connectivity index (χ3n) is 3.72. The zero-order chi connectivity index (χ0) is 15.3. The molecule has 0 amide bonds. The number of rotatable bonds is 8. The summed E-state index contributed by atoms with van der Waals surface area (Å²) < 4.78 is 25.5. The Labute approximate surface area is 122 Å². The molecule has 5 nitrogen and oxygen atoms in total. The highest BCUT2D eigenvalue weighted by Gasteiger charge is 2.26. The summed E-state index contributed by atoms with van der Waals surface area (Å²) in [7, 11) is -1.14. The summed E-state index contributed by atoms with van der Waals surface area (Å²) in [5.74, 6) is 0. The minimum Gasteiger partial charge on any atom is -0.312 e. The van der Waals surface area contributed by atoms with Crippen LogP contribution in [0.5, 0.6) is 0 Å². The first kappa shape index (κ1) is 17.2. The number of hydrogen-bond donors (Lipinski definition) is 1. The number of nitrogens with zero attached hydrogens (tertiary/aromatic N) is 2. The van der Waals surface area contributed by atoms with Crippen molar-refractivity contribution in [1.82, 2.24) is 15.1 Å². The van der Waals surface area contributed by atoms with Crippen molar-refractivity contribution in [3.8, 4) is 0 Å². The number of nitrogens with one attached hydrogen (secondary N) is 1. The molecule has 1 heterocycles. The molecule has 1 aromatic heterocycles. The second-order valence-corrected chi connectivity index (χ2v) is 7.81. The Bertz CT molecular complexity index is 523. The van der Waals surface area contributed by atoms with Crippen molar-refractivity contribution in [2.24, 2.45) is 7.05 Å². The van der Waals surface area contributed by atoms with Crippen LogP contribution in [-0.2, 0) is 29.7 Å². The third kappa shape index (κ3) is 4.59. The molecule has 0 aliphatic carbocycles. The zero-order valence-corrected chi connectivity index (χ0v) is 14.0. The molecule has 2 atom stereocenters. The van der Waals surface area contributed by atoms with E-state index in [1.807, 2.05) is 11.7 Å². The second kappa shape index (κ2) is 7.22. The molecular formula is C14H27N3O2S. The zero-order valence-electron chi connectivity index (χ0n) is 13.2. The van der Waals surface area contributed by atoms with Gasteiger partial charge in [0.15, 0.2) is 9.84 Å². The van der Waals surface area contributed by atoms with Crippen LogP contribution in [0, 0.1) is 0 Å². The van der Waals surface area contributed by atoms with Gasteiger partial charge in [0.2, 0.25) is 0 Å². The maximum absolute atomic E-state index is 11.8. The van der Waals surface area contributed by atoms with Gasteiger partial charge in [-0.1, -0.05) is 13.8 Å². The molecule has 0 radical (unpaired) electrons. The maximum Gasteiger partial charge on any atom is 0.151 e. The van der Waals surface area contributed by atoms with Gasteiger partial charge in [0.25, 0.3) is 0 Å². The van der Waals surface area contributed by atoms with Crippen LogP contribution in [0.2, 0.25) is 0 Å². The number of hydrogen-bond acceptors (Lipinski definition) is 4. The number of aromatic nitrogens is 2. The fourth-order valence-corrected chi connectivity index (χ4v) is 2.98. The molecule has 0 aliphatic rings. The molecule has 0 fully saturated rings. The summed E-state index contributed by atoms with van der Waals surface area (Å²) in [5, 5.41) is 7.37. The fraction of sp³-hybridized carbons (Fsp3) is 0.786. The van der Waals surface area contributed by atoms with Crippen LogP contribution in [0.4, 0.5) is 0 Å². The van der Waals surface area contributed by atoms with Crippen LogP contribution in [-0.4, -0.2) is 42.3 Å². The van der Waals surface area contributed by atoms with E-state index in [0.29, 0.717) is 6.42 Å². The van der Waals surface area contributed by atoms with E-state index in [1.54, 1.807) is 6.92 Å². The number of sulfone groups is 1. The van der Waals surface area contributed by atoms with Gasteiger partial charge in [0, 0.05) is 31.5 Å². The molecular weight excluding hydrogens is 274 g/mol. The van der Waals surface area contributed by atoms with Gasteiger partial charge in [-0.05, 0) is 32.4 Å². The molecule has 0 aromatic carbocycles. The summed E-state index contributed by atoms with van der Waals surface area (Å²) >= 11 is 0. The van der Waals surface area contributed by atoms with Gasteiger partial charge in [0.1, 0.15) is 0 Å². The molecule has 1 N–H and O–H groups in total. The van der Waals surface area contributed by atoms with Gasteiger partial charge in [-0.3, -0.25) is 4.68 Å². The first-order valence-electron chi connectivity index (χ1n) is 7.23. The Morgan fingerprint density at radius 1 is 1.40 bits per heavy atom. The molecule has 2 unspecified atom stereocenters. The summed E-state index contributed by atoms with van der Waals surface area (Å²) in [5.41, 5.74) is 2.12. The van der Waals surface area contributed by atoms with Crippen molar-refractivity contribution in [3.63, 3.8) is 0 Å². The van der Waals surface area contributed by atoms with Gasteiger partial charge in [-0.25, -0.2) is 8.42 Å². The molecule has 20 heavy (non-hydrogen) atoms. The Morgan fingerprint density at radius 3 is 2.50 bits per heavy atom. The lowest BCUT2D eigenvalue weighted by atomic mass is 10.1. The largest absolute Gasteiger partial charge is 0.312 e. The van der Waals surface area contributed by atoms with Gasteiger partial charge in [0.05, 0.1) is 10.9 Å². The van der Waals surface area contributed by atoms with Gasteiger partial charge in [-0.2, -0.15) is 5.10 Å². The lowest BCUT2D eigenvalue weighted by Gasteiger charge is -2.24. The summed E-state index contributed by atoms with van der Waals surface area (Å²) in [6, 6.07) is 1.99. The first-order valence-corrected chi connectivity index (χ1v) is 9.19. The second-order valence-electron chi connectivity index (χ2n) is 5.40. The number of aryl methyl sites for hydroxylation is 2. The maximum atomic E-state index is 11.8. The van der Waals surface area contributed by atoms with Crippen LogP contribution >= 0.6 is 0 Å². The molecule has 6 heteroatoms. The Kier molecular flexibility index (Phi) is 6.20. The van der Waals surface area contributed by atoms with E-state index < -0.39 is 15.1 Å². The lowest BCUT2D eigenvalue weighted by Crippen LogP contribution is -2.44. The quantitative estimate of drug-likeness (QED) is 0.787. The Balaban J connectivity index is 2.91. The van der Waals surface area contributed by atoms with Crippen LogP contribution in [0.25, 0.3) is 0 Å². The van der Waals surface area contributed by atoms with E-state index in [1.165, 1.54) is 6.26 Å². The highest BCUT2D eigenvalue weighted by atomic mass is 32.2. The molecule has 1 rings (SSSR count). The predicted molar refractivity (Wildman–Crippen MR) is 82.7 cm³/mol. The Hall–Kier alpha value is -0.880. The predicted octanol–water partition coefficient (Wildman–Crippen LogP) is 1.33. The minimum atomic E-state index is -3.06. The normalized spacial score (nSPS) is 15.2. The van der Waals surface area contributed by atoms with Crippen molar-refractivity contribution in [2.75, 3.05) is 12.8 Å². The molecule has 1 aromatic rings. The van der Waals surface area contributed by atoms with Crippen molar-refractivity contribution in [1.29, 1.82) is 0 Å². The standard InChI is InChI=1S/C14H27N3O2S/c1-6-8-15-14(11(3)20(5,18)19)10-13-9-12(7-2)16-17(13)4/h9,11,14-15H,6-8,10H2,1-5H3. The molecule has 0 saturated carbocycles. The summed E-state index contributed by atoms with van der Waals surface area (Å²) in [6.07, 6.45) is 3.86. The fourth-order valence-electron chi connectivity index (χ4n) is 2.19. The topological polar surface area (TPSA) is 64.0 Å². The SMILES string of the molecule is CCCNC(Cc1cc(CC)nn1C)C(C)S(C)(=O)=O. The molecule has 0 aliphatic heterocycles. The van der Waals surface area contributed by atoms with Crippen molar-refractivity contribution >= 4 is 9.84 Å². The van der Waals surface area contributed by atoms with Crippen molar-refractivity contribution < 1.29 is 8.42 Å².